The van der Waals surface area contributed by atoms with E-state index in [1.54, 1.807) is 5.70 Å². The predicted octanol–water partition coefficient (Wildman–Crippen LogP) is 5.46. The molecule has 0 amide bonds. The van der Waals surface area contributed by atoms with Crippen LogP contribution in [0.5, 0.6) is 0 Å². The van der Waals surface area contributed by atoms with Gasteiger partial charge in [0.1, 0.15) is 0 Å². The van der Waals surface area contributed by atoms with Crippen LogP contribution in [0.4, 0.5) is 0 Å². The van der Waals surface area contributed by atoms with Crippen LogP contribution in [0.15, 0.2) is 36.1 Å². The second kappa shape index (κ2) is 7.71. The van der Waals surface area contributed by atoms with Crippen LogP contribution in [-0.2, 0) is 0 Å². The summed E-state index contributed by atoms with van der Waals surface area (Å²) in [7, 11) is 0. The molecule has 0 radical (unpaired) electrons. The Morgan fingerprint density at radius 3 is 2.95 bits per heavy atom. The second-order valence-corrected chi connectivity index (χ2v) is 6.56. The van der Waals surface area contributed by atoms with Gasteiger partial charge in [0.05, 0.1) is 0 Å². The Bertz CT molecular complexity index is 377. The van der Waals surface area contributed by atoms with Gasteiger partial charge in [-0.25, -0.2) is 0 Å². The van der Waals surface area contributed by atoms with Gasteiger partial charge < -0.3 is 4.90 Å². The van der Waals surface area contributed by atoms with Crippen molar-refractivity contribution >= 4 is 0 Å². The first-order valence-electron chi connectivity index (χ1n) is 8.49. The Morgan fingerprint density at radius 1 is 1.35 bits per heavy atom. The molecule has 2 aliphatic rings. The lowest BCUT2D eigenvalue weighted by molar-refractivity contribution is 0.303. The molecule has 2 heterocycles. The van der Waals surface area contributed by atoms with Gasteiger partial charge in [0.2, 0.25) is 0 Å². The van der Waals surface area contributed by atoms with Crippen LogP contribution in [0.25, 0.3) is 0 Å². The summed E-state index contributed by atoms with van der Waals surface area (Å²) in [6, 6.07) is 0.684. The summed E-state index contributed by atoms with van der Waals surface area (Å²) < 4.78 is 0. The van der Waals surface area contributed by atoms with Gasteiger partial charge in [-0.05, 0) is 44.1 Å². The van der Waals surface area contributed by atoms with Gasteiger partial charge >= 0.3 is 0 Å². The van der Waals surface area contributed by atoms with Crippen LogP contribution < -0.4 is 0 Å². The monoisotopic (exact) mass is 273 g/mol. The van der Waals surface area contributed by atoms with Crippen LogP contribution >= 0.6 is 0 Å². The summed E-state index contributed by atoms with van der Waals surface area (Å²) in [5.41, 5.74) is 3.12. The first kappa shape index (κ1) is 15.4. The largest absolute Gasteiger partial charge is 0.368 e. The van der Waals surface area contributed by atoms with Gasteiger partial charge in [-0.2, -0.15) is 0 Å². The minimum Gasteiger partial charge on any atom is -0.368 e. The maximum absolute atomic E-state index is 3.86. The lowest BCUT2D eigenvalue weighted by atomic mass is 9.98. The Balaban J connectivity index is 1.63. The molecule has 0 N–H and O–H groups in total. The fraction of sp³-hybridized carbons (Fsp3) is 0.684. The number of nitrogens with zero attached hydrogens (tertiary/aromatic N) is 1. The number of hydrogen-bond donors (Lipinski definition) is 0. The highest BCUT2D eigenvalue weighted by Gasteiger charge is 2.26. The Hall–Kier alpha value is -0.980. The second-order valence-electron chi connectivity index (χ2n) is 6.56. The first-order chi connectivity index (χ1) is 9.72. The number of fused-ring (bicyclic) bond motifs is 1. The van der Waals surface area contributed by atoms with Gasteiger partial charge in [-0.3, -0.25) is 0 Å². The minimum atomic E-state index is 0.684. The SMILES string of the molecule is C=CC(C)CCCCCCC1C=CC(C)=C2CCCN21. The molecule has 0 saturated carbocycles. The smallest absolute Gasteiger partial charge is 0.0473 e. The van der Waals surface area contributed by atoms with E-state index < -0.39 is 0 Å². The van der Waals surface area contributed by atoms with Gasteiger partial charge in [0.15, 0.2) is 0 Å². The molecule has 1 saturated heterocycles. The van der Waals surface area contributed by atoms with E-state index in [4.69, 9.17) is 0 Å². The van der Waals surface area contributed by atoms with Gasteiger partial charge in [0, 0.05) is 18.3 Å². The van der Waals surface area contributed by atoms with Crippen molar-refractivity contribution in [1.82, 2.24) is 4.90 Å². The number of unbranched alkanes of at least 4 members (excludes halogenated alkanes) is 3. The van der Waals surface area contributed by atoms with Crippen LogP contribution in [0.1, 0.15) is 65.2 Å². The van der Waals surface area contributed by atoms with Crippen LogP contribution in [0, 0.1) is 5.92 Å². The molecule has 1 fully saturated rings. The van der Waals surface area contributed by atoms with Crippen molar-refractivity contribution in [2.75, 3.05) is 6.54 Å². The van der Waals surface area contributed by atoms with E-state index in [-0.39, 0.29) is 0 Å². The van der Waals surface area contributed by atoms with Crippen molar-refractivity contribution < 1.29 is 0 Å². The predicted molar refractivity (Wildman–Crippen MR) is 88.6 cm³/mol. The Kier molecular flexibility index (Phi) is 5.94. The molecule has 2 rings (SSSR count). The van der Waals surface area contributed by atoms with Crippen LogP contribution in [0.2, 0.25) is 0 Å². The third-order valence-corrected chi connectivity index (χ3v) is 4.89. The van der Waals surface area contributed by atoms with Crippen molar-refractivity contribution in [3.8, 4) is 0 Å². The fourth-order valence-electron chi connectivity index (χ4n) is 3.48. The molecule has 0 aromatic carbocycles. The van der Waals surface area contributed by atoms with E-state index in [1.165, 1.54) is 63.5 Å². The van der Waals surface area contributed by atoms with Gasteiger partial charge in [0.25, 0.3) is 0 Å². The number of hydrogen-bond acceptors (Lipinski definition) is 1. The molecule has 0 aromatic heterocycles. The number of allylic oxidation sites excluding steroid dienone is 4. The quantitative estimate of drug-likeness (QED) is 0.419. The summed E-state index contributed by atoms with van der Waals surface area (Å²) in [5.74, 6) is 0.691. The average molecular weight is 273 g/mol. The Labute approximate surface area is 125 Å². The highest BCUT2D eigenvalue weighted by atomic mass is 15.2. The van der Waals surface area contributed by atoms with E-state index in [0.29, 0.717) is 12.0 Å². The van der Waals surface area contributed by atoms with E-state index >= 15 is 0 Å². The molecule has 0 bridgehead atoms. The molecular weight excluding hydrogens is 242 g/mol. The maximum atomic E-state index is 3.86. The van der Waals surface area contributed by atoms with Crippen LogP contribution in [0.3, 0.4) is 0 Å². The van der Waals surface area contributed by atoms with Gasteiger partial charge in [-0.15, -0.1) is 6.58 Å². The topological polar surface area (TPSA) is 3.24 Å². The van der Waals surface area contributed by atoms with Gasteiger partial charge in [-0.1, -0.05) is 50.8 Å². The molecule has 2 unspecified atom stereocenters. The van der Waals surface area contributed by atoms with Crippen molar-refractivity contribution in [1.29, 1.82) is 0 Å². The molecule has 1 heteroatoms. The highest BCUT2D eigenvalue weighted by Crippen LogP contribution is 2.32. The molecule has 0 aromatic rings. The molecule has 2 aliphatic heterocycles. The summed E-state index contributed by atoms with van der Waals surface area (Å²) in [5, 5.41) is 0. The lowest BCUT2D eigenvalue weighted by Crippen LogP contribution is -2.32. The zero-order chi connectivity index (χ0) is 14.4. The third kappa shape index (κ3) is 4.01. The van der Waals surface area contributed by atoms with E-state index in [1.807, 2.05) is 0 Å². The zero-order valence-corrected chi connectivity index (χ0v) is 13.4. The van der Waals surface area contributed by atoms with Crippen molar-refractivity contribution in [2.24, 2.45) is 5.92 Å². The van der Waals surface area contributed by atoms with E-state index in [2.05, 4.69) is 43.6 Å². The number of rotatable bonds is 8. The van der Waals surface area contributed by atoms with E-state index in [9.17, 15) is 0 Å². The summed E-state index contributed by atoms with van der Waals surface area (Å²) in [6.07, 6.45) is 17.7. The molecule has 0 spiro atoms. The molecule has 0 aliphatic carbocycles. The summed E-state index contributed by atoms with van der Waals surface area (Å²) >= 11 is 0. The summed E-state index contributed by atoms with van der Waals surface area (Å²) in [4.78, 5) is 2.66. The minimum absolute atomic E-state index is 0.684. The lowest BCUT2D eigenvalue weighted by Gasteiger charge is -2.32. The molecule has 20 heavy (non-hydrogen) atoms. The van der Waals surface area contributed by atoms with Crippen molar-refractivity contribution in [3.63, 3.8) is 0 Å². The third-order valence-electron chi connectivity index (χ3n) is 4.89. The van der Waals surface area contributed by atoms with Crippen LogP contribution in [-0.4, -0.2) is 17.5 Å². The molecular formula is C19H31N. The Morgan fingerprint density at radius 2 is 2.15 bits per heavy atom. The standard InChI is InChI=1S/C19H31N/c1-4-16(2)10-7-5-6-8-11-18-14-13-17(3)19-12-9-15-20(18)19/h4,13-14,16,18H,1,5-12,15H2,2-3H3. The first-order valence-corrected chi connectivity index (χ1v) is 8.49. The maximum Gasteiger partial charge on any atom is 0.0473 e. The average Bonchev–Trinajstić information content (AvgIpc) is 2.95. The van der Waals surface area contributed by atoms with Crippen molar-refractivity contribution in [3.05, 3.63) is 36.1 Å². The highest BCUT2D eigenvalue weighted by molar-refractivity contribution is 5.31. The molecule has 112 valence electrons. The zero-order valence-electron chi connectivity index (χ0n) is 13.4. The normalized spacial score (nSPS) is 23.1. The molecule has 2 atom stereocenters. The fourth-order valence-corrected chi connectivity index (χ4v) is 3.48. The molecule has 1 nitrogen and oxygen atoms in total. The van der Waals surface area contributed by atoms with E-state index in [0.717, 1.165) is 0 Å². The van der Waals surface area contributed by atoms with Crippen molar-refractivity contribution in [2.45, 2.75) is 71.3 Å². The summed E-state index contributed by atoms with van der Waals surface area (Å²) in [6.45, 7) is 9.66.